The van der Waals surface area contributed by atoms with E-state index in [1.807, 2.05) is 0 Å². The van der Waals surface area contributed by atoms with E-state index in [9.17, 15) is 0 Å². The summed E-state index contributed by atoms with van der Waals surface area (Å²) in [6, 6.07) is 22.2. The fourth-order valence-corrected chi connectivity index (χ4v) is 5.93. The second-order valence-electron chi connectivity index (χ2n) is 11.6. The van der Waals surface area contributed by atoms with Crippen LogP contribution in [0.2, 0.25) is 0 Å². The lowest BCUT2D eigenvalue weighted by molar-refractivity contribution is 0.310. The minimum atomic E-state index is 0.152. The van der Waals surface area contributed by atoms with E-state index in [0.717, 1.165) is 22.8 Å². The fourth-order valence-electron chi connectivity index (χ4n) is 5.93. The minimum absolute atomic E-state index is 0.152. The molecule has 33 heavy (non-hydrogen) atoms. The molecule has 1 aromatic heterocycles. The Morgan fingerprint density at radius 2 is 1.64 bits per heavy atom. The van der Waals surface area contributed by atoms with Gasteiger partial charge in [0, 0.05) is 23.5 Å². The fraction of sp³-hybridized carbons (Fsp3) is 0.379. The van der Waals surface area contributed by atoms with Crippen molar-refractivity contribution in [3.63, 3.8) is 0 Å². The molecule has 1 heterocycles. The summed E-state index contributed by atoms with van der Waals surface area (Å²) in [5, 5.41) is 2.77. The van der Waals surface area contributed by atoms with E-state index in [1.165, 1.54) is 53.3 Å². The second-order valence-corrected chi connectivity index (χ2v) is 11.6. The van der Waals surface area contributed by atoms with Gasteiger partial charge >= 0.3 is 0 Å². The molecule has 4 aromatic rings. The number of rotatable bonds is 4. The zero-order valence-corrected chi connectivity index (χ0v) is 21.0. The molecule has 3 aromatic carbocycles. The van der Waals surface area contributed by atoms with Crippen molar-refractivity contribution in [1.29, 1.82) is 0 Å². The number of para-hydroxylation sites is 2. The van der Waals surface area contributed by atoms with Crippen molar-refractivity contribution in [1.82, 2.24) is 0 Å². The number of hydrogen-bond donors (Lipinski definition) is 0. The summed E-state index contributed by atoms with van der Waals surface area (Å²) in [6.07, 6.45) is 5.11. The molecule has 0 amide bonds. The number of benzene rings is 3. The first-order valence-corrected chi connectivity index (χ1v) is 12.5. The van der Waals surface area contributed by atoms with Crippen LogP contribution in [0.15, 0.2) is 65.1 Å². The SMILES string of the molecule is BC(C)(C)c1ccc(N(C)c2cccc3c2oc2c(C4(B)CCCC(C)C4)cccc23)cc1. The van der Waals surface area contributed by atoms with Crippen LogP contribution in [-0.4, -0.2) is 22.7 Å². The molecule has 0 radical (unpaired) electrons. The Bertz CT molecular complexity index is 1300. The molecule has 5 rings (SSSR count). The van der Waals surface area contributed by atoms with E-state index in [4.69, 9.17) is 4.42 Å². The van der Waals surface area contributed by atoms with Crippen LogP contribution in [0.3, 0.4) is 0 Å². The van der Waals surface area contributed by atoms with E-state index in [1.54, 1.807) is 0 Å². The molecule has 2 unspecified atom stereocenters. The second kappa shape index (κ2) is 8.01. The molecule has 2 atom stereocenters. The maximum Gasteiger partial charge on any atom is 0.159 e. The molecular formula is C29H35B2NO. The molecule has 0 bridgehead atoms. The zero-order valence-electron chi connectivity index (χ0n) is 21.0. The van der Waals surface area contributed by atoms with Crippen LogP contribution in [0.5, 0.6) is 0 Å². The topological polar surface area (TPSA) is 16.4 Å². The van der Waals surface area contributed by atoms with Crippen LogP contribution in [0, 0.1) is 5.92 Å². The molecule has 0 aliphatic heterocycles. The van der Waals surface area contributed by atoms with Crippen LogP contribution < -0.4 is 4.90 Å². The summed E-state index contributed by atoms with van der Waals surface area (Å²) in [6.45, 7) is 6.91. The Morgan fingerprint density at radius 1 is 0.970 bits per heavy atom. The van der Waals surface area contributed by atoms with Crippen molar-refractivity contribution in [2.24, 2.45) is 5.92 Å². The van der Waals surface area contributed by atoms with Gasteiger partial charge in [-0.3, -0.25) is 0 Å². The van der Waals surface area contributed by atoms with Gasteiger partial charge in [-0.15, -0.1) is 0 Å². The standard InChI is InChI=1S/C29H35B2NO/c1-19-8-7-17-29(31,18-19)24-11-5-9-22-23-10-6-12-25(27(23)33-26(22)24)32(4)21-15-13-20(14-16-21)28(2,3)30/h5-6,9-16,19H,7-8,17-18,30-31H2,1-4H3. The molecule has 0 N–H and O–H groups in total. The van der Waals surface area contributed by atoms with Crippen LogP contribution in [0.25, 0.3) is 21.9 Å². The van der Waals surface area contributed by atoms with Crippen molar-refractivity contribution in [2.45, 2.75) is 57.1 Å². The Balaban J connectivity index is 1.62. The Hall–Kier alpha value is -2.61. The van der Waals surface area contributed by atoms with Gasteiger partial charge < -0.3 is 9.32 Å². The number of fused-ring (bicyclic) bond motifs is 3. The average Bonchev–Trinajstić information content (AvgIpc) is 3.17. The number of nitrogens with zero attached hydrogens (tertiary/aromatic N) is 1. The van der Waals surface area contributed by atoms with Crippen molar-refractivity contribution in [3.05, 3.63) is 71.8 Å². The zero-order chi connectivity index (χ0) is 23.4. The molecule has 0 saturated heterocycles. The van der Waals surface area contributed by atoms with Crippen molar-refractivity contribution in [2.75, 3.05) is 11.9 Å². The van der Waals surface area contributed by atoms with Crippen LogP contribution in [-0.2, 0) is 10.6 Å². The highest BCUT2D eigenvalue weighted by molar-refractivity contribution is 6.19. The first-order chi connectivity index (χ1) is 15.7. The van der Waals surface area contributed by atoms with Gasteiger partial charge in [0.05, 0.1) is 5.69 Å². The summed E-state index contributed by atoms with van der Waals surface area (Å²) in [4.78, 5) is 2.25. The summed E-state index contributed by atoms with van der Waals surface area (Å²) in [5.41, 5.74) is 7.07. The molecular weight excluding hydrogens is 400 g/mol. The first-order valence-electron chi connectivity index (χ1n) is 12.5. The predicted molar refractivity (Wildman–Crippen MR) is 148 cm³/mol. The summed E-state index contributed by atoms with van der Waals surface area (Å²) >= 11 is 0. The summed E-state index contributed by atoms with van der Waals surface area (Å²) < 4.78 is 6.75. The lowest BCUT2D eigenvalue weighted by Gasteiger charge is -2.37. The largest absolute Gasteiger partial charge is 0.454 e. The minimum Gasteiger partial charge on any atom is -0.454 e. The highest BCUT2D eigenvalue weighted by atomic mass is 16.3. The smallest absolute Gasteiger partial charge is 0.159 e. The molecule has 2 nitrogen and oxygen atoms in total. The normalized spacial score (nSPS) is 21.5. The Morgan fingerprint density at radius 3 is 2.30 bits per heavy atom. The predicted octanol–water partition coefficient (Wildman–Crippen LogP) is 6.26. The van der Waals surface area contributed by atoms with Crippen LogP contribution in [0.4, 0.5) is 11.4 Å². The van der Waals surface area contributed by atoms with Gasteiger partial charge in [-0.1, -0.05) is 88.1 Å². The van der Waals surface area contributed by atoms with Crippen LogP contribution >= 0.6 is 0 Å². The summed E-state index contributed by atoms with van der Waals surface area (Å²) in [5.74, 6) is 0.765. The van der Waals surface area contributed by atoms with E-state index in [0.29, 0.717) is 0 Å². The first kappa shape index (κ1) is 22.2. The maximum absolute atomic E-state index is 6.75. The number of furan rings is 1. The number of anilines is 2. The highest BCUT2D eigenvalue weighted by Crippen LogP contribution is 2.45. The Kier molecular flexibility index (Phi) is 5.39. The molecule has 1 aliphatic rings. The van der Waals surface area contributed by atoms with Crippen molar-refractivity contribution >= 4 is 49.0 Å². The van der Waals surface area contributed by atoms with Gasteiger partial charge in [0.25, 0.3) is 0 Å². The van der Waals surface area contributed by atoms with Gasteiger partial charge in [-0.05, 0) is 46.7 Å². The van der Waals surface area contributed by atoms with Crippen LogP contribution in [0.1, 0.15) is 57.6 Å². The molecule has 1 saturated carbocycles. The van der Waals surface area contributed by atoms with E-state index in [2.05, 4.69) is 109 Å². The third kappa shape index (κ3) is 3.88. The van der Waals surface area contributed by atoms with Gasteiger partial charge in [0.15, 0.2) is 5.58 Å². The van der Waals surface area contributed by atoms with Gasteiger partial charge in [-0.25, -0.2) is 0 Å². The lowest BCUT2D eigenvalue weighted by Crippen LogP contribution is -2.32. The molecule has 0 spiro atoms. The van der Waals surface area contributed by atoms with E-state index < -0.39 is 0 Å². The Labute approximate surface area is 200 Å². The number of hydrogen-bond acceptors (Lipinski definition) is 2. The summed E-state index contributed by atoms with van der Waals surface area (Å²) in [7, 11) is 6.83. The molecule has 1 aliphatic carbocycles. The molecule has 1 fully saturated rings. The third-order valence-electron chi connectivity index (χ3n) is 7.86. The maximum atomic E-state index is 6.75. The monoisotopic (exact) mass is 435 g/mol. The van der Waals surface area contributed by atoms with Crippen molar-refractivity contribution < 1.29 is 4.42 Å². The van der Waals surface area contributed by atoms with E-state index >= 15 is 0 Å². The van der Waals surface area contributed by atoms with Gasteiger partial charge in [0.2, 0.25) is 0 Å². The average molecular weight is 435 g/mol. The quantitative estimate of drug-likeness (QED) is 0.352. The van der Waals surface area contributed by atoms with Crippen molar-refractivity contribution in [3.8, 4) is 0 Å². The van der Waals surface area contributed by atoms with E-state index in [-0.39, 0.29) is 10.6 Å². The van der Waals surface area contributed by atoms with Gasteiger partial charge in [0.1, 0.15) is 21.3 Å². The van der Waals surface area contributed by atoms with Gasteiger partial charge in [-0.2, -0.15) is 0 Å². The lowest BCUT2D eigenvalue weighted by atomic mass is 9.54. The highest BCUT2D eigenvalue weighted by Gasteiger charge is 2.34. The molecule has 168 valence electrons. The molecule has 4 heteroatoms. The third-order valence-corrected chi connectivity index (χ3v) is 7.86.